The molecule has 27 heavy (non-hydrogen) atoms. The number of nitrogens with zero attached hydrogens (tertiary/aromatic N) is 2. The summed E-state index contributed by atoms with van der Waals surface area (Å²) in [5.41, 5.74) is 5.77. The molecule has 1 aromatic heterocycles. The molecule has 4 heteroatoms. The normalized spacial score (nSPS) is 10.5. The number of aromatic nitrogens is 1. The standard InChI is InChI=1S/C23H25N3O/c1-4-26(21-7-5-6-18(3)14-21)23(27)22-15-20(12-13-24-22)25-16-19-10-8-17(2)9-11-19/h5-15H,4,16H2,1-3H3,(H,24,25). The number of aryl methyl sites for hydroxylation is 2. The van der Waals surface area contributed by atoms with Crippen LogP contribution in [0, 0.1) is 13.8 Å². The molecule has 0 radical (unpaired) electrons. The third-order valence-electron chi connectivity index (χ3n) is 4.47. The Morgan fingerprint density at radius 1 is 1.00 bits per heavy atom. The summed E-state index contributed by atoms with van der Waals surface area (Å²) < 4.78 is 0. The Kier molecular flexibility index (Phi) is 5.87. The van der Waals surface area contributed by atoms with Crippen molar-refractivity contribution in [3.05, 3.63) is 89.2 Å². The van der Waals surface area contributed by atoms with E-state index in [1.165, 1.54) is 11.1 Å². The molecule has 0 aliphatic heterocycles. The lowest BCUT2D eigenvalue weighted by Gasteiger charge is -2.21. The van der Waals surface area contributed by atoms with Gasteiger partial charge in [0.15, 0.2) is 0 Å². The highest BCUT2D eigenvalue weighted by molar-refractivity contribution is 6.05. The molecule has 0 fully saturated rings. The highest BCUT2D eigenvalue weighted by Crippen LogP contribution is 2.19. The van der Waals surface area contributed by atoms with Crippen molar-refractivity contribution in [3.63, 3.8) is 0 Å². The summed E-state index contributed by atoms with van der Waals surface area (Å²) in [6, 6.07) is 20.1. The van der Waals surface area contributed by atoms with Crippen LogP contribution in [0.4, 0.5) is 11.4 Å². The Hall–Kier alpha value is -3.14. The van der Waals surface area contributed by atoms with E-state index < -0.39 is 0 Å². The summed E-state index contributed by atoms with van der Waals surface area (Å²) in [4.78, 5) is 19.0. The fraction of sp³-hybridized carbons (Fsp3) is 0.217. The second kappa shape index (κ2) is 8.49. The van der Waals surface area contributed by atoms with E-state index in [-0.39, 0.29) is 5.91 Å². The van der Waals surface area contributed by atoms with Crippen LogP contribution in [-0.2, 0) is 6.54 Å². The maximum Gasteiger partial charge on any atom is 0.276 e. The second-order valence-electron chi connectivity index (χ2n) is 6.66. The number of carbonyl (C=O) groups is 1. The number of nitrogens with one attached hydrogen (secondary N) is 1. The van der Waals surface area contributed by atoms with Crippen LogP contribution in [0.2, 0.25) is 0 Å². The molecule has 2 aromatic carbocycles. The first-order valence-electron chi connectivity index (χ1n) is 9.21. The Morgan fingerprint density at radius 2 is 1.78 bits per heavy atom. The van der Waals surface area contributed by atoms with Gasteiger partial charge in [-0.05, 0) is 56.2 Å². The Labute approximate surface area is 160 Å². The molecule has 4 nitrogen and oxygen atoms in total. The molecule has 0 spiro atoms. The Balaban J connectivity index is 1.75. The van der Waals surface area contributed by atoms with Gasteiger partial charge in [-0.1, -0.05) is 42.0 Å². The molecular weight excluding hydrogens is 334 g/mol. The predicted octanol–water partition coefficient (Wildman–Crippen LogP) is 4.98. The van der Waals surface area contributed by atoms with E-state index in [0.717, 1.165) is 16.9 Å². The molecule has 3 rings (SSSR count). The lowest BCUT2D eigenvalue weighted by Crippen LogP contribution is -2.31. The van der Waals surface area contributed by atoms with Gasteiger partial charge in [-0.25, -0.2) is 0 Å². The summed E-state index contributed by atoms with van der Waals surface area (Å²) >= 11 is 0. The van der Waals surface area contributed by atoms with Gasteiger partial charge < -0.3 is 10.2 Å². The van der Waals surface area contributed by atoms with Gasteiger partial charge in [0, 0.05) is 30.7 Å². The van der Waals surface area contributed by atoms with Crippen molar-refractivity contribution in [1.82, 2.24) is 4.98 Å². The van der Waals surface area contributed by atoms with E-state index in [2.05, 4.69) is 41.5 Å². The number of carbonyl (C=O) groups excluding carboxylic acids is 1. The van der Waals surface area contributed by atoms with Crippen LogP contribution in [0.3, 0.4) is 0 Å². The van der Waals surface area contributed by atoms with Crippen molar-refractivity contribution in [2.24, 2.45) is 0 Å². The summed E-state index contributed by atoms with van der Waals surface area (Å²) in [5.74, 6) is -0.0953. The zero-order chi connectivity index (χ0) is 19.2. The molecule has 0 unspecified atom stereocenters. The average molecular weight is 359 g/mol. The fourth-order valence-electron chi connectivity index (χ4n) is 2.95. The van der Waals surface area contributed by atoms with Crippen LogP contribution in [0.15, 0.2) is 66.9 Å². The molecule has 1 heterocycles. The maximum atomic E-state index is 13.0. The third kappa shape index (κ3) is 4.73. The van der Waals surface area contributed by atoms with E-state index in [0.29, 0.717) is 18.8 Å². The number of anilines is 2. The minimum atomic E-state index is -0.0953. The van der Waals surface area contributed by atoms with Crippen molar-refractivity contribution in [2.45, 2.75) is 27.3 Å². The SMILES string of the molecule is CCN(C(=O)c1cc(NCc2ccc(C)cc2)ccn1)c1cccc(C)c1. The zero-order valence-electron chi connectivity index (χ0n) is 16.1. The van der Waals surface area contributed by atoms with Crippen LogP contribution in [0.1, 0.15) is 34.1 Å². The largest absolute Gasteiger partial charge is 0.381 e. The number of benzene rings is 2. The van der Waals surface area contributed by atoms with Crippen molar-refractivity contribution in [2.75, 3.05) is 16.8 Å². The average Bonchev–Trinajstić information content (AvgIpc) is 2.68. The first kappa shape index (κ1) is 18.6. The first-order valence-corrected chi connectivity index (χ1v) is 9.21. The van der Waals surface area contributed by atoms with E-state index in [1.807, 2.05) is 50.2 Å². The molecule has 3 aromatic rings. The summed E-state index contributed by atoms with van der Waals surface area (Å²) in [5, 5.41) is 3.37. The molecule has 0 saturated carbocycles. The lowest BCUT2D eigenvalue weighted by molar-refractivity contribution is 0.0983. The third-order valence-corrected chi connectivity index (χ3v) is 4.47. The monoisotopic (exact) mass is 359 g/mol. The number of amides is 1. The summed E-state index contributed by atoms with van der Waals surface area (Å²) in [6.07, 6.45) is 1.68. The van der Waals surface area contributed by atoms with Crippen molar-refractivity contribution < 1.29 is 4.79 Å². The number of pyridine rings is 1. The minimum Gasteiger partial charge on any atom is -0.381 e. The number of hydrogen-bond acceptors (Lipinski definition) is 3. The molecule has 1 N–H and O–H groups in total. The molecule has 0 aliphatic rings. The van der Waals surface area contributed by atoms with Crippen molar-refractivity contribution >= 4 is 17.3 Å². The van der Waals surface area contributed by atoms with Gasteiger partial charge in [0.1, 0.15) is 5.69 Å². The van der Waals surface area contributed by atoms with E-state index in [1.54, 1.807) is 11.1 Å². The predicted molar refractivity (Wildman–Crippen MR) is 111 cm³/mol. The van der Waals surface area contributed by atoms with Crippen LogP contribution in [-0.4, -0.2) is 17.4 Å². The quantitative estimate of drug-likeness (QED) is 0.675. The molecule has 138 valence electrons. The number of rotatable bonds is 6. The van der Waals surface area contributed by atoms with Crippen molar-refractivity contribution in [1.29, 1.82) is 0 Å². The smallest absolute Gasteiger partial charge is 0.276 e. The molecule has 0 saturated heterocycles. The zero-order valence-corrected chi connectivity index (χ0v) is 16.1. The van der Waals surface area contributed by atoms with Gasteiger partial charge >= 0.3 is 0 Å². The van der Waals surface area contributed by atoms with Gasteiger partial charge in [-0.15, -0.1) is 0 Å². The van der Waals surface area contributed by atoms with E-state index in [4.69, 9.17) is 0 Å². The fourth-order valence-corrected chi connectivity index (χ4v) is 2.95. The van der Waals surface area contributed by atoms with Gasteiger partial charge in [0.25, 0.3) is 5.91 Å². The molecule has 1 amide bonds. The summed E-state index contributed by atoms with van der Waals surface area (Å²) in [7, 11) is 0. The van der Waals surface area contributed by atoms with Crippen LogP contribution in [0.25, 0.3) is 0 Å². The van der Waals surface area contributed by atoms with Gasteiger partial charge in [-0.3, -0.25) is 9.78 Å². The topological polar surface area (TPSA) is 45.2 Å². The van der Waals surface area contributed by atoms with Gasteiger partial charge in [-0.2, -0.15) is 0 Å². The second-order valence-corrected chi connectivity index (χ2v) is 6.66. The Morgan fingerprint density at radius 3 is 2.48 bits per heavy atom. The molecular formula is C23H25N3O. The van der Waals surface area contributed by atoms with E-state index >= 15 is 0 Å². The molecule has 0 bridgehead atoms. The molecule has 0 aliphatic carbocycles. The van der Waals surface area contributed by atoms with Gasteiger partial charge in [0.2, 0.25) is 0 Å². The van der Waals surface area contributed by atoms with Crippen LogP contribution < -0.4 is 10.2 Å². The number of hydrogen-bond donors (Lipinski definition) is 1. The van der Waals surface area contributed by atoms with E-state index in [9.17, 15) is 4.79 Å². The molecule has 0 atom stereocenters. The first-order chi connectivity index (χ1) is 13.1. The van der Waals surface area contributed by atoms with Crippen LogP contribution >= 0.6 is 0 Å². The highest BCUT2D eigenvalue weighted by atomic mass is 16.2. The minimum absolute atomic E-state index is 0.0953. The highest BCUT2D eigenvalue weighted by Gasteiger charge is 2.17. The van der Waals surface area contributed by atoms with Gasteiger partial charge in [0.05, 0.1) is 0 Å². The lowest BCUT2D eigenvalue weighted by atomic mass is 10.1. The summed E-state index contributed by atoms with van der Waals surface area (Å²) in [6.45, 7) is 7.36. The van der Waals surface area contributed by atoms with Crippen molar-refractivity contribution in [3.8, 4) is 0 Å². The maximum absolute atomic E-state index is 13.0. The van der Waals surface area contributed by atoms with Crippen LogP contribution in [0.5, 0.6) is 0 Å². The Bertz CT molecular complexity index is 919.